The third-order valence-corrected chi connectivity index (χ3v) is 3.75. The van der Waals surface area contributed by atoms with Gasteiger partial charge in [0.25, 0.3) is 0 Å². The van der Waals surface area contributed by atoms with E-state index in [0.717, 1.165) is 0 Å². The Bertz CT molecular complexity index is 534. The van der Waals surface area contributed by atoms with Gasteiger partial charge in [-0.3, -0.25) is 0 Å². The average Bonchev–Trinajstić information content (AvgIpc) is 2.61. The lowest BCUT2D eigenvalue weighted by atomic mass is 9.92. The van der Waals surface area contributed by atoms with Gasteiger partial charge in [0, 0.05) is 14.2 Å². The molecule has 0 aromatic heterocycles. The predicted molar refractivity (Wildman–Crippen MR) is 93.2 cm³/mol. The van der Waals surface area contributed by atoms with Gasteiger partial charge < -0.3 is 29.2 Å². The zero-order chi connectivity index (χ0) is 19.4. The maximum absolute atomic E-state index is 11.5. The van der Waals surface area contributed by atoms with E-state index in [1.807, 2.05) is 0 Å². The van der Waals surface area contributed by atoms with E-state index in [2.05, 4.69) is 0 Å². The molecule has 0 bridgehead atoms. The molecule has 0 spiro atoms. The van der Waals surface area contributed by atoms with Gasteiger partial charge in [0.15, 0.2) is 0 Å². The lowest BCUT2D eigenvalue weighted by molar-refractivity contribution is 0.0658. The highest BCUT2D eigenvalue weighted by Gasteiger charge is 2.20. The number of rotatable bonds is 14. The zero-order valence-electron chi connectivity index (χ0n) is 15.2. The summed E-state index contributed by atoms with van der Waals surface area (Å²) in [6, 6.07) is 2.65. The highest BCUT2D eigenvalue weighted by Crippen LogP contribution is 2.22. The molecule has 0 aliphatic rings. The number of carboxylic acids is 2. The van der Waals surface area contributed by atoms with Crippen LogP contribution >= 0.6 is 0 Å². The van der Waals surface area contributed by atoms with Crippen LogP contribution in [0, 0.1) is 0 Å². The molecule has 1 aromatic carbocycles. The monoisotopic (exact) mass is 370 g/mol. The van der Waals surface area contributed by atoms with E-state index in [1.54, 1.807) is 14.2 Å². The topological polar surface area (TPSA) is 112 Å². The van der Waals surface area contributed by atoms with Crippen LogP contribution < -0.4 is 0 Å². The van der Waals surface area contributed by atoms with Crippen molar-refractivity contribution in [3.63, 3.8) is 0 Å². The smallest absolute Gasteiger partial charge is 0.335 e. The number of benzene rings is 1. The first-order valence-electron chi connectivity index (χ1n) is 8.27. The highest BCUT2D eigenvalue weighted by molar-refractivity contribution is 5.95. The van der Waals surface area contributed by atoms with Crippen LogP contribution in [0.3, 0.4) is 0 Å². The first-order chi connectivity index (χ1) is 12.5. The summed E-state index contributed by atoms with van der Waals surface area (Å²) in [5.74, 6) is -2.20. The molecule has 8 nitrogen and oxygen atoms in total. The lowest BCUT2D eigenvalue weighted by Crippen LogP contribution is -2.16. The van der Waals surface area contributed by atoms with Gasteiger partial charge in [-0.1, -0.05) is 0 Å². The normalized spacial score (nSPS) is 10.8. The molecule has 2 N–H and O–H groups in total. The Kier molecular flexibility index (Phi) is 10.5. The Balaban J connectivity index is 2.99. The van der Waals surface area contributed by atoms with Crippen molar-refractivity contribution in [3.8, 4) is 0 Å². The number of hydrogen-bond acceptors (Lipinski definition) is 6. The Morgan fingerprint density at radius 3 is 1.42 bits per heavy atom. The van der Waals surface area contributed by atoms with Crippen LogP contribution in [0.1, 0.15) is 31.8 Å². The van der Waals surface area contributed by atoms with E-state index in [0.29, 0.717) is 50.4 Å². The van der Waals surface area contributed by atoms with Gasteiger partial charge in [0.05, 0.1) is 50.8 Å². The van der Waals surface area contributed by atoms with Crippen molar-refractivity contribution >= 4 is 11.9 Å². The number of methoxy groups -OCH3 is 2. The number of carboxylic acid groups (broad SMARTS) is 2. The third-order valence-electron chi connectivity index (χ3n) is 3.75. The largest absolute Gasteiger partial charge is 0.478 e. The number of carbonyl (C=O) groups is 2. The summed E-state index contributed by atoms with van der Waals surface area (Å²) >= 11 is 0. The molecule has 0 amide bonds. The number of ether oxygens (including phenoxy) is 4. The molecule has 0 unspecified atom stereocenters. The summed E-state index contributed by atoms with van der Waals surface area (Å²) in [5, 5.41) is 18.9. The van der Waals surface area contributed by atoms with Crippen LogP contribution in [0.15, 0.2) is 12.1 Å². The van der Waals surface area contributed by atoms with Crippen LogP contribution in [-0.2, 0) is 31.8 Å². The molecular weight excluding hydrogens is 344 g/mol. The average molecular weight is 370 g/mol. The van der Waals surface area contributed by atoms with Crippen LogP contribution in [0.5, 0.6) is 0 Å². The fourth-order valence-corrected chi connectivity index (χ4v) is 2.50. The first kappa shape index (κ1) is 22.0. The van der Waals surface area contributed by atoms with Crippen LogP contribution in [0.4, 0.5) is 0 Å². The van der Waals surface area contributed by atoms with Crippen molar-refractivity contribution in [3.05, 3.63) is 34.4 Å². The molecule has 0 aliphatic carbocycles. The van der Waals surface area contributed by atoms with Gasteiger partial charge in [0.2, 0.25) is 0 Å². The Labute approximate surface area is 152 Å². The van der Waals surface area contributed by atoms with Gasteiger partial charge >= 0.3 is 11.9 Å². The summed E-state index contributed by atoms with van der Waals surface area (Å²) < 4.78 is 20.6. The van der Waals surface area contributed by atoms with Gasteiger partial charge in [-0.15, -0.1) is 0 Å². The maximum Gasteiger partial charge on any atom is 0.335 e. The molecule has 0 saturated carbocycles. The first-order valence-corrected chi connectivity index (χ1v) is 8.27. The van der Waals surface area contributed by atoms with E-state index in [4.69, 9.17) is 18.9 Å². The fourth-order valence-electron chi connectivity index (χ4n) is 2.50. The van der Waals surface area contributed by atoms with E-state index in [-0.39, 0.29) is 24.3 Å². The van der Waals surface area contributed by atoms with Crippen molar-refractivity contribution in [2.45, 2.75) is 12.8 Å². The molecule has 1 aromatic rings. The van der Waals surface area contributed by atoms with Gasteiger partial charge in [-0.25, -0.2) is 9.59 Å². The summed E-state index contributed by atoms with van der Waals surface area (Å²) in [5.41, 5.74) is 1.09. The second kappa shape index (κ2) is 12.4. The number of aromatic carboxylic acids is 2. The third kappa shape index (κ3) is 7.09. The lowest BCUT2D eigenvalue weighted by Gasteiger charge is -2.16. The summed E-state index contributed by atoms with van der Waals surface area (Å²) in [6.07, 6.45) is 0.583. The molecule has 0 radical (unpaired) electrons. The van der Waals surface area contributed by atoms with Crippen molar-refractivity contribution in [2.75, 3.05) is 53.9 Å². The fraction of sp³-hybridized carbons (Fsp3) is 0.556. The van der Waals surface area contributed by atoms with Crippen molar-refractivity contribution in [1.82, 2.24) is 0 Å². The van der Waals surface area contributed by atoms with Gasteiger partial charge in [0.1, 0.15) is 0 Å². The van der Waals surface area contributed by atoms with Gasteiger partial charge in [-0.2, -0.15) is 0 Å². The minimum Gasteiger partial charge on any atom is -0.478 e. The second-order valence-electron chi connectivity index (χ2n) is 5.44. The van der Waals surface area contributed by atoms with Crippen LogP contribution in [0.25, 0.3) is 0 Å². The second-order valence-corrected chi connectivity index (χ2v) is 5.44. The Morgan fingerprint density at radius 1 is 0.731 bits per heavy atom. The molecular formula is C18H26O8. The Morgan fingerprint density at radius 2 is 1.12 bits per heavy atom. The van der Waals surface area contributed by atoms with Crippen LogP contribution in [0.2, 0.25) is 0 Å². The minimum absolute atomic E-state index is 0.0808. The maximum atomic E-state index is 11.5. The van der Waals surface area contributed by atoms with Crippen LogP contribution in [-0.4, -0.2) is 76.0 Å². The number of hydrogen-bond donors (Lipinski definition) is 2. The minimum atomic E-state index is -1.10. The molecule has 26 heavy (non-hydrogen) atoms. The highest BCUT2D eigenvalue weighted by atomic mass is 16.5. The molecule has 0 aliphatic heterocycles. The molecule has 1 rings (SSSR count). The molecule has 0 fully saturated rings. The SMILES string of the molecule is COCCOCCc1c(C(=O)O)ccc(C(=O)O)c1CCOCCOC. The van der Waals surface area contributed by atoms with Crippen molar-refractivity contribution < 1.29 is 38.7 Å². The predicted octanol–water partition coefficient (Wildman–Crippen LogP) is 1.49. The summed E-state index contributed by atoms with van der Waals surface area (Å²) in [7, 11) is 3.12. The van der Waals surface area contributed by atoms with E-state index >= 15 is 0 Å². The standard InChI is InChI=1S/C18H26O8/c1-23-9-11-25-7-5-13-14(6-8-26-12-10-24-2)16(18(21)22)4-3-15(13)17(19)20/h3-4H,5-12H2,1-2H3,(H,19,20)(H,21,22). The molecule has 0 atom stereocenters. The molecule has 8 heteroatoms. The van der Waals surface area contributed by atoms with E-state index in [9.17, 15) is 19.8 Å². The quantitative estimate of drug-likeness (QED) is 0.474. The molecule has 146 valence electrons. The molecule has 0 heterocycles. The van der Waals surface area contributed by atoms with E-state index < -0.39 is 11.9 Å². The Hall–Kier alpha value is -2.00. The van der Waals surface area contributed by atoms with E-state index in [1.165, 1.54) is 12.1 Å². The summed E-state index contributed by atoms with van der Waals surface area (Å²) in [6.45, 7) is 2.16. The van der Waals surface area contributed by atoms with Crippen molar-refractivity contribution in [2.24, 2.45) is 0 Å². The molecule has 0 saturated heterocycles. The zero-order valence-corrected chi connectivity index (χ0v) is 15.2. The van der Waals surface area contributed by atoms with Gasteiger partial charge in [-0.05, 0) is 36.1 Å². The summed E-state index contributed by atoms with van der Waals surface area (Å²) in [4.78, 5) is 23.1. The van der Waals surface area contributed by atoms with Crippen molar-refractivity contribution in [1.29, 1.82) is 0 Å².